The van der Waals surface area contributed by atoms with Crippen molar-refractivity contribution >= 4 is 12.0 Å². The van der Waals surface area contributed by atoms with Gasteiger partial charge in [-0.15, -0.1) is 0 Å². The van der Waals surface area contributed by atoms with Crippen LogP contribution in [0.2, 0.25) is 0 Å². The van der Waals surface area contributed by atoms with Crippen molar-refractivity contribution in [2.24, 2.45) is 5.41 Å². The van der Waals surface area contributed by atoms with Crippen LogP contribution in [-0.4, -0.2) is 43.0 Å². The zero-order valence-electron chi connectivity index (χ0n) is 13.3. The topological polar surface area (TPSA) is 32.3 Å². The second kappa shape index (κ2) is 5.23. The number of anilines is 1. The molecule has 0 aromatic heterocycles. The first-order chi connectivity index (χ1) is 10.7. The van der Waals surface area contributed by atoms with E-state index >= 15 is 0 Å². The molecule has 23 heavy (non-hydrogen) atoms. The smallest absolute Gasteiger partial charge is 0.384 e. The molecule has 1 saturated heterocycles. The van der Waals surface area contributed by atoms with Crippen molar-refractivity contribution in [3.8, 4) is 0 Å². The molecule has 1 fully saturated rings. The fourth-order valence-electron chi connectivity index (χ4n) is 3.79. The van der Waals surface area contributed by atoms with Crippen LogP contribution < -0.4 is 5.32 Å². The molecular formula is C17H21F3N2O. The van der Waals surface area contributed by atoms with Crippen LogP contribution in [0.1, 0.15) is 25.8 Å². The Kier molecular flexibility index (Phi) is 3.71. The second-order valence-electron chi connectivity index (χ2n) is 7.37. The number of halogens is 3. The van der Waals surface area contributed by atoms with Gasteiger partial charge in [-0.25, -0.2) is 0 Å². The van der Waals surface area contributed by atoms with Crippen molar-refractivity contribution in [2.45, 2.75) is 37.9 Å². The first-order valence-corrected chi connectivity index (χ1v) is 7.78. The van der Waals surface area contributed by atoms with Gasteiger partial charge in [0.05, 0.1) is 11.5 Å². The van der Waals surface area contributed by atoms with E-state index in [2.05, 4.69) is 5.32 Å². The van der Waals surface area contributed by atoms with E-state index in [0.717, 1.165) is 17.5 Å². The van der Waals surface area contributed by atoms with Gasteiger partial charge < -0.3 is 10.1 Å². The Balaban J connectivity index is 1.87. The lowest BCUT2D eigenvalue weighted by molar-refractivity contribution is -0.217. The maximum Gasteiger partial charge on any atom is 0.395 e. The molecule has 1 spiro atoms. The van der Waals surface area contributed by atoms with E-state index < -0.39 is 17.6 Å². The summed E-state index contributed by atoms with van der Waals surface area (Å²) in [7, 11) is 0. The summed E-state index contributed by atoms with van der Waals surface area (Å²) in [5.41, 5.74) is 0.0168. The number of aldehydes is 1. The van der Waals surface area contributed by atoms with Crippen LogP contribution in [0, 0.1) is 5.41 Å². The highest BCUT2D eigenvalue weighted by atomic mass is 19.4. The molecule has 0 saturated carbocycles. The zero-order chi connectivity index (χ0) is 16.9. The molecule has 1 aromatic carbocycles. The van der Waals surface area contributed by atoms with Crippen LogP contribution in [0.15, 0.2) is 24.3 Å². The third-order valence-corrected chi connectivity index (χ3v) is 5.21. The van der Waals surface area contributed by atoms with Gasteiger partial charge in [-0.05, 0) is 31.9 Å². The van der Waals surface area contributed by atoms with E-state index in [0.29, 0.717) is 19.5 Å². The second-order valence-corrected chi connectivity index (χ2v) is 7.37. The Hall–Kier alpha value is -1.56. The quantitative estimate of drug-likeness (QED) is 0.866. The molecule has 2 unspecified atom stereocenters. The van der Waals surface area contributed by atoms with Gasteiger partial charge in [0.15, 0.2) is 0 Å². The van der Waals surface area contributed by atoms with Crippen molar-refractivity contribution in [2.75, 3.05) is 25.0 Å². The zero-order valence-corrected chi connectivity index (χ0v) is 13.3. The van der Waals surface area contributed by atoms with E-state index in [-0.39, 0.29) is 12.0 Å². The van der Waals surface area contributed by atoms with Gasteiger partial charge in [0.25, 0.3) is 0 Å². The summed E-state index contributed by atoms with van der Waals surface area (Å²) in [4.78, 5) is 13.2. The summed E-state index contributed by atoms with van der Waals surface area (Å²) in [5, 5.41) is 3.33. The Morgan fingerprint density at radius 3 is 2.70 bits per heavy atom. The number of carbonyl (C=O) groups excluding carboxylic acids is 1. The predicted molar refractivity (Wildman–Crippen MR) is 82.5 cm³/mol. The van der Waals surface area contributed by atoms with Crippen LogP contribution in [-0.2, 0) is 10.2 Å². The molecule has 1 N–H and O–H groups in total. The first-order valence-electron chi connectivity index (χ1n) is 7.78. The number of nitrogens with zero attached hydrogens (tertiary/aromatic N) is 1. The van der Waals surface area contributed by atoms with E-state index in [4.69, 9.17) is 0 Å². The van der Waals surface area contributed by atoms with Gasteiger partial charge in [0, 0.05) is 30.7 Å². The molecule has 0 radical (unpaired) electrons. The highest BCUT2D eigenvalue weighted by Crippen LogP contribution is 2.47. The molecule has 1 aromatic rings. The molecule has 3 nitrogen and oxygen atoms in total. The van der Waals surface area contributed by atoms with E-state index in [1.165, 1.54) is 13.8 Å². The van der Waals surface area contributed by atoms with Crippen LogP contribution in [0.4, 0.5) is 18.9 Å². The first kappa shape index (κ1) is 16.3. The summed E-state index contributed by atoms with van der Waals surface area (Å²) < 4.78 is 39.6. The largest absolute Gasteiger partial charge is 0.395 e. The summed E-state index contributed by atoms with van der Waals surface area (Å²) in [5.74, 6) is 0. The van der Waals surface area contributed by atoms with Crippen molar-refractivity contribution in [3.63, 3.8) is 0 Å². The number of hydrogen-bond acceptors (Lipinski definition) is 3. The molecule has 0 amide bonds. The van der Waals surface area contributed by atoms with Crippen LogP contribution in [0.5, 0.6) is 0 Å². The lowest BCUT2D eigenvalue weighted by Gasteiger charge is -2.34. The molecule has 2 atom stereocenters. The number of rotatable bonds is 3. The summed E-state index contributed by atoms with van der Waals surface area (Å²) >= 11 is 0. The van der Waals surface area contributed by atoms with Crippen molar-refractivity contribution < 1.29 is 18.0 Å². The molecule has 6 heteroatoms. The number of likely N-dealkylation sites (tertiary alicyclic amines) is 1. The number of hydrogen-bond donors (Lipinski definition) is 1. The summed E-state index contributed by atoms with van der Waals surface area (Å²) in [6.45, 7) is 3.37. The SMILES string of the molecule is CC(C)(CN1CC2(CNc3ccccc32)CC1C=O)C(F)(F)F. The lowest BCUT2D eigenvalue weighted by Crippen LogP contribution is -2.46. The van der Waals surface area contributed by atoms with Gasteiger partial charge in [0.2, 0.25) is 0 Å². The minimum absolute atomic E-state index is 0.163. The van der Waals surface area contributed by atoms with Crippen molar-refractivity contribution in [1.29, 1.82) is 0 Å². The third kappa shape index (κ3) is 2.63. The average molecular weight is 326 g/mol. The van der Waals surface area contributed by atoms with Crippen LogP contribution >= 0.6 is 0 Å². The number of fused-ring (bicyclic) bond motifs is 2. The van der Waals surface area contributed by atoms with Crippen molar-refractivity contribution in [3.05, 3.63) is 29.8 Å². The number of alkyl halides is 3. The summed E-state index contributed by atoms with van der Waals surface area (Å²) in [6, 6.07) is 7.38. The Bertz CT molecular complexity index is 614. The van der Waals surface area contributed by atoms with Crippen LogP contribution in [0.25, 0.3) is 0 Å². The fourth-order valence-corrected chi connectivity index (χ4v) is 3.79. The molecule has 126 valence electrons. The highest BCUT2D eigenvalue weighted by molar-refractivity contribution is 5.65. The molecule has 3 rings (SSSR count). The molecule has 0 bridgehead atoms. The van der Waals surface area contributed by atoms with Gasteiger partial charge in [-0.2, -0.15) is 13.2 Å². The molecular weight excluding hydrogens is 305 g/mol. The van der Waals surface area contributed by atoms with E-state index in [1.807, 2.05) is 24.3 Å². The van der Waals surface area contributed by atoms with Gasteiger partial charge >= 0.3 is 6.18 Å². The molecule has 2 aliphatic heterocycles. The lowest BCUT2D eigenvalue weighted by atomic mass is 9.80. The fraction of sp³-hybridized carbons (Fsp3) is 0.588. The average Bonchev–Trinajstić information content (AvgIpc) is 3.00. The number of para-hydroxylation sites is 1. The number of carbonyl (C=O) groups is 1. The van der Waals surface area contributed by atoms with Crippen molar-refractivity contribution in [1.82, 2.24) is 4.90 Å². The molecule has 2 heterocycles. The predicted octanol–water partition coefficient (Wildman–Crippen LogP) is 3.21. The standard InChI is InChI=1S/C17H21F3N2O/c1-15(2,17(18,19)20)10-22-11-16(7-12(22)8-23)9-21-14-6-4-3-5-13(14)16/h3-6,8,12,21H,7,9-11H2,1-2H3. The summed E-state index contributed by atoms with van der Waals surface area (Å²) in [6.07, 6.45) is -2.93. The molecule has 2 aliphatic rings. The van der Waals surface area contributed by atoms with Crippen LogP contribution in [0.3, 0.4) is 0 Å². The monoisotopic (exact) mass is 326 g/mol. The Morgan fingerprint density at radius 2 is 2.04 bits per heavy atom. The van der Waals surface area contributed by atoms with Gasteiger partial charge in [-0.3, -0.25) is 4.90 Å². The van der Waals surface area contributed by atoms with E-state index in [9.17, 15) is 18.0 Å². The number of benzene rings is 1. The maximum atomic E-state index is 13.2. The van der Waals surface area contributed by atoms with E-state index in [1.54, 1.807) is 4.90 Å². The third-order valence-electron chi connectivity index (χ3n) is 5.21. The van der Waals surface area contributed by atoms with Gasteiger partial charge in [-0.1, -0.05) is 18.2 Å². The minimum Gasteiger partial charge on any atom is -0.384 e. The Morgan fingerprint density at radius 1 is 1.35 bits per heavy atom. The minimum atomic E-state index is -4.29. The van der Waals surface area contributed by atoms with Gasteiger partial charge in [0.1, 0.15) is 6.29 Å². The Labute approximate surface area is 133 Å². The molecule has 0 aliphatic carbocycles. The highest BCUT2D eigenvalue weighted by Gasteiger charge is 2.53. The maximum absolute atomic E-state index is 13.2. The normalized spacial score (nSPS) is 28.0. The number of nitrogens with one attached hydrogen (secondary N) is 1.